The number of benzene rings is 3. The van der Waals surface area contributed by atoms with Gasteiger partial charge < -0.3 is 10.4 Å². The zero-order valence-corrected chi connectivity index (χ0v) is 25.4. The molecule has 2 aromatic heterocycles. The van der Waals surface area contributed by atoms with Crippen LogP contribution in [-0.2, 0) is 20.2 Å². The largest absolute Gasteiger partial charge is 0.476 e. The van der Waals surface area contributed by atoms with E-state index in [-0.39, 0.29) is 32.8 Å². The van der Waals surface area contributed by atoms with Crippen molar-refractivity contribution < 1.29 is 40.6 Å². The molecule has 46 heavy (non-hydrogen) atoms. The number of H-pyrrole nitrogens is 1. The Labute approximate surface area is 266 Å². The van der Waals surface area contributed by atoms with Gasteiger partial charge in [-0.3, -0.25) is 23.8 Å². The summed E-state index contributed by atoms with van der Waals surface area (Å²) in [4.78, 5) is 44.5. The van der Waals surface area contributed by atoms with Gasteiger partial charge in [-0.05, 0) is 60.7 Å². The number of rotatable bonds is 8. The molecule has 236 valence electrons. The number of anilines is 1. The third kappa shape index (κ3) is 6.63. The lowest BCUT2D eigenvalue weighted by Gasteiger charge is -2.09. The Hall–Kier alpha value is -5.05. The molecule has 0 spiro atoms. The summed E-state index contributed by atoms with van der Waals surface area (Å²) in [5.41, 5.74) is -2.66. The average Bonchev–Trinajstić information content (AvgIpc) is 3.32. The molecule has 0 bridgehead atoms. The molecule has 0 atom stereocenters. The summed E-state index contributed by atoms with van der Waals surface area (Å²) in [7, 11) is -9.57. The monoisotopic (exact) mass is 707 g/mol. The zero-order valence-electron chi connectivity index (χ0n) is 22.3. The van der Waals surface area contributed by atoms with Gasteiger partial charge in [-0.2, -0.15) is 16.8 Å². The highest BCUT2D eigenvalue weighted by Crippen LogP contribution is 2.30. The van der Waals surface area contributed by atoms with E-state index in [0.717, 1.165) is 36.4 Å². The Morgan fingerprint density at radius 1 is 0.848 bits per heavy atom. The molecule has 5 rings (SSSR count). The maximum Gasteiger partial charge on any atom is 0.356 e. The van der Waals surface area contributed by atoms with E-state index < -0.39 is 64.5 Å². The van der Waals surface area contributed by atoms with Gasteiger partial charge >= 0.3 is 5.97 Å². The molecule has 0 fully saturated rings. The van der Waals surface area contributed by atoms with E-state index in [9.17, 15) is 40.9 Å². The van der Waals surface area contributed by atoms with Crippen LogP contribution in [0.5, 0.6) is 0 Å². The van der Waals surface area contributed by atoms with Crippen molar-refractivity contribution in [2.24, 2.45) is 10.2 Å². The van der Waals surface area contributed by atoms with Gasteiger partial charge in [-0.15, -0.1) is 10.2 Å². The molecule has 0 saturated carbocycles. The van der Waals surface area contributed by atoms with Crippen molar-refractivity contribution in [3.8, 4) is 5.69 Å². The lowest BCUT2D eigenvalue weighted by molar-refractivity contribution is 0.0690. The predicted molar refractivity (Wildman–Crippen MR) is 161 cm³/mol. The number of carboxylic acids is 1. The van der Waals surface area contributed by atoms with Gasteiger partial charge in [-0.1, -0.05) is 23.2 Å². The molecule has 1 amide bonds. The van der Waals surface area contributed by atoms with Crippen molar-refractivity contribution in [3.63, 3.8) is 0 Å². The lowest BCUT2D eigenvalue weighted by atomic mass is 10.1. The zero-order chi connectivity index (χ0) is 33.6. The van der Waals surface area contributed by atoms with Gasteiger partial charge in [0, 0.05) is 11.3 Å². The average molecular weight is 708 g/mol. The Kier molecular flexibility index (Phi) is 8.47. The molecular formula is C25H15Cl2N7O10S2. The number of amides is 1. The summed E-state index contributed by atoms with van der Waals surface area (Å²) in [5, 5.41) is 21.4. The van der Waals surface area contributed by atoms with Gasteiger partial charge in [0.1, 0.15) is 10.6 Å². The second-order valence-electron chi connectivity index (χ2n) is 9.07. The van der Waals surface area contributed by atoms with E-state index in [0.29, 0.717) is 10.2 Å². The predicted octanol–water partition coefficient (Wildman–Crippen LogP) is 4.27. The highest BCUT2D eigenvalue weighted by atomic mass is 35.5. The van der Waals surface area contributed by atoms with Crippen LogP contribution in [-0.4, -0.2) is 62.7 Å². The van der Waals surface area contributed by atoms with Gasteiger partial charge in [0.15, 0.2) is 21.7 Å². The molecule has 0 aliphatic carbocycles. The quantitative estimate of drug-likeness (QED) is 0.112. The van der Waals surface area contributed by atoms with E-state index in [1.54, 1.807) is 0 Å². The van der Waals surface area contributed by atoms with E-state index in [1.807, 2.05) is 0 Å². The molecule has 0 unspecified atom stereocenters. The highest BCUT2D eigenvalue weighted by Gasteiger charge is 2.23. The summed E-state index contributed by atoms with van der Waals surface area (Å²) in [6.45, 7) is 0. The lowest BCUT2D eigenvalue weighted by Crippen LogP contribution is -2.14. The van der Waals surface area contributed by atoms with E-state index >= 15 is 0 Å². The molecule has 0 saturated heterocycles. The number of carboxylic acid groups (broad SMARTS) is 1. The second kappa shape index (κ2) is 12.0. The van der Waals surface area contributed by atoms with Crippen LogP contribution in [0.2, 0.25) is 10.3 Å². The third-order valence-electron chi connectivity index (χ3n) is 6.07. The molecule has 21 heteroatoms. The molecule has 3 aromatic carbocycles. The number of nitrogens with one attached hydrogen (secondary N) is 2. The van der Waals surface area contributed by atoms with Crippen LogP contribution < -0.4 is 10.9 Å². The van der Waals surface area contributed by atoms with Gasteiger partial charge in [0.05, 0.1) is 21.6 Å². The first-order valence-corrected chi connectivity index (χ1v) is 15.8. The SMILES string of the molecule is O=C(Nc1ccc(N=Nc2c(C(=O)O)[nH]n(-c3ccc(S(=O)(=O)O)cc3)c2=O)c(S(=O)(=O)O)c1)c1ccc2nc(Cl)c(Cl)nc2c1. The molecular weight excluding hydrogens is 693 g/mol. The van der Waals surface area contributed by atoms with Crippen LogP contribution in [0.15, 0.2) is 85.5 Å². The smallest absolute Gasteiger partial charge is 0.356 e. The number of hydrogen-bond acceptors (Lipinski definition) is 11. The topological polar surface area (TPSA) is 263 Å². The molecule has 5 aromatic rings. The Morgan fingerprint density at radius 2 is 1.50 bits per heavy atom. The summed E-state index contributed by atoms with van der Waals surface area (Å²) in [6.07, 6.45) is 0. The minimum Gasteiger partial charge on any atom is -0.476 e. The summed E-state index contributed by atoms with van der Waals surface area (Å²) in [6, 6.07) is 11.4. The number of halogens is 2. The maximum atomic E-state index is 13.0. The van der Waals surface area contributed by atoms with Crippen molar-refractivity contribution in [3.05, 3.63) is 92.6 Å². The molecule has 2 heterocycles. The van der Waals surface area contributed by atoms with Crippen molar-refractivity contribution in [2.75, 3.05) is 5.32 Å². The van der Waals surface area contributed by atoms with E-state index in [4.69, 9.17) is 27.8 Å². The standard InChI is InChI=1S/C25H15Cl2N7O10S2/c26-21-22(27)30-17-9-11(1-7-15(17)29-21)23(35)28-12-2-8-16(18(10-12)46(42,43)44)31-32-19-20(25(37)38)33-34(24(19)36)13-3-5-14(6-4-13)45(39,40)41/h1-10,33H,(H,28,35)(H,37,38)(H,39,40,41)(H,42,43,44). The van der Waals surface area contributed by atoms with Crippen LogP contribution in [0.25, 0.3) is 16.7 Å². The first-order chi connectivity index (χ1) is 21.5. The summed E-state index contributed by atoms with van der Waals surface area (Å²) >= 11 is 11.7. The maximum absolute atomic E-state index is 13.0. The van der Waals surface area contributed by atoms with Crippen LogP contribution in [0.3, 0.4) is 0 Å². The van der Waals surface area contributed by atoms with Crippen LogP contribution in [0.1, 0.15) is 20.8 Å². The normalized spacial score (nSPS) is 12.1. The minimum atomic E-state index is -5.02. The Bertz CT molecular complexity index is 2390. The van der Waals surface area contributed by atoms with Gasteiger partial charge in [0.25, 0.3) is 31.7 Å². The van der Waals surface area contributed by atoms with Crippen molar-refractivity contribution >= 4 is 83.4 Å². The van der Waals surface area contributed by atoms with E-state index in [1.165, 1.54) is 24.3 Å². The fraction of sp³-hybridized carbons (Fsp3) is 0. The second-order valence-corrected chi connectivity index (χ2v) is 12.6. The fourth-order valence-corrected chi connectivity index (χ4v) is 5.36. The molecule has 0 aliphatic rings. The number of nitrogens with zero attached hydrogens (tertiary/aromatic N) is 5. The summed E-state index contributed by atoms with van der Waals surface area (Å²) < 4.78 is 66.6. The summed E-state index contributed by atoms with van der Waals surface area (Å²) in [5.74, 6) is -2.37. The Balaban J connectivity index is 1.47. The number of aromatic carboxylic acids is 1. The first-order valence-electron chi connectivity index (χ1n) is 12.2. The number of aromatic amines is 1. The number of fused-ring (bicyclic) bond motifs is 1. The van der Waals surface area contributed by atoms with Crippen LogP contribution >= 0.6 is 23.2 Å². The minimum absolute atomic E-state index is 0.0317. The van der Waals surface area contributed by atoms with Crippen molar-refractivity contribution in [1.82, 2.24) is 19.7 Å². The van der Waals surface area contributed by atoms with Crippen LogP contribution in [0, 0.1) is 0 Å². The first kappa shape index (κ1) is 32.3. The third-order valence-corrected chi connectivity index (χ3v) is 8.45. The molecule has 0 radical (unpaired) electrons. The number of aromatic nitrogens is 4. The fourth-order valence-electron chi connectivity index (χ4n) is 3.96. The van der Waals surface area contributed by atoms with Crippen LogP contribution in [0.4, 0.5) is 17.1 Å². The Morgan fingerprint density at radius 3 is 2.11 bits per heavy atom. The number of carbonyl (C=O) groups is 2. The molecule has 5 N–H and O–H groups in total. The number of carbonyl (C=O) groups excluding carboxylic acids is 1. The van der Waals surface area contributed by atoms with Crippen molar-refractivity contribution in [2.45, 2.75) is 9.79 Å². The van der Waals surface area contributed by atoms with Crippen molar-refractivity contribution in [1.29, 1.82) is 0 Å². The highest BCUT2D eigenvalue weighted by molar-refractivity contribution is 7.86. The molecule has 17 nitrogen and oxygen atoms in total. The van der Waals surface area contributed by atoms with E-state index in [2.05, 4.69) is 30.6 Å². The molecule has 0 aliphatic heterocycles. The number of azo groups is 1. The number of hydrogen-bond donors (Lipinski definition) is 5. The van der Waals surface area contributed by atoms with Gasteiger partial charge in [-0.25, -0.2) is 19.4 Å². The van der Waals surface area contributed by atoms with Gasteiger partial charge in [0.2, 0.25) is 0 Å².